The van der Waals surface area contributed by atoms with Gasteiger partial charge in [0.15, 0.2) is 0 Å². The average Bonchev–Trinajstić information content (AvgIpc) is 2.58. The summed E-state index contributed by atoms with van der Waals surface area (Å²) < 4.78 is 0. The molecule has 0 spiro atoms. The molecule has 0 heterocycles. The zero-order chi connectivity index (χ0) is 18.7. The molecule has 1 aromatic carbocycles. The highest BCUT2D eigenvalue weighted by Gasteiger charge is 2.44. The van der Waals surface area contributed by atoms with E-state index in [1.807, 2.05) is 30.3 Å². The Labute approximate surface area is 151 Å². The Morgan fingerprint density at radius 1 is 1.04 bits per heavy atom. The highest BCUT2D eigenvalue weighted by atomic mass is 16.4. The van der Waals surface area contributed by atoms with E-state index in [0.29, 0.717) is 19.3 Å². The molecule has 0 aliphatic rings. The number of carboxylic acid groups (broad SMARTS) is 2. The van der Waals surface area contributed by atoms with Crippen LogP contribution in [0.3, 0.4) is 0 Å². The topological polar surface area (TPSA) is 74.6 Å². The predicted octanol–water partition coefficient (Wildman–Crippen LogP) is 5.16. The third kappa shape index (κ3) is 6.52. The molecule has 2 N–H and O–H groups in total. The first-order chi connectivity index (χ1) is 12.0. The summed E-state index contributed by atoms with van der Waals surface area (Å²) in [5.41, 5.74) is 0.119. The van der Waals surface area contributed by atoms with Crippen molar-refractivity contribution in [2.75, 3.05) is 0 Å². The van der Waals surface area contributed by atoms with E-state index in [-0.39, 0.29) is 12.3 Å². The summed E-state index contributed by atoms with van der Waals surface area (Å²) in [5, 5.41) is 19.1. The van der Waals surface area contributed by atoms with Crippen molar-refractivity contribution in [2.45, 2.75) is 71.6 Å². The molecule has 0 aromatic heterocycles. The third-order valence-electron chi connectivity index (χ3n) is 5.23. The summed E-state index contributed by atoms with van der Waals surface area (Å²) in [6.07, 6.45) is 6.22. The summed E-state index contributed by atoms with van der Waals surface area (Å²) in [4.78, 5) is 23.3. The van der Waals surface area contributed by atoms with Crippen LogP contribution >= 0.6 is 0 Å². The Kier molecular flexibility index (Phi) is 9.25. The molecule has 4 heteroatoms. The fraction of sp³-hybridized carbons (Fsp3) is 0.619. The van der Waals surface area contributed by atoms with Crippen LogP contribution in [0.4, 0.5) is 0 Å². The van der Waals surface area contributed by atoms with Gasteiger partial charge in [0, 0.05) is 6.42 Å². The van der Waals surface area contributed by atoms with Crippen molar-refractivity contribution in [3.8, 4) is 0 Å². The molecule has 0 amide bonds. The van der Waals surface area contributed by atoms with E-state index in [9.17, 15) is 14.7 Å². The zero-order valence-corrected chi connectivity index (χ0v) is 15.5. The molecule has 25 heavy (non-hydrogen) atoms. The summed E-state index contributed by atoms with van der Waals surface area (Å²) in [7, 11) is 0. The Morgan fingerprint density at radius 2 is 1.72 bits per heavy atom. The van der Waals surface area contributed by atoms with E-state index in [1.54, 1.807) is 0 Å². The zero-order valence-electron chi connectivity index (χ0n) is 15.5. The van der Waals surface area contributed by atoms with Gasteiger partial charge in [-0.15, -0.1) is 0 Å². The smallest absolute Gasteiger partial charge is 0.310 e. The second-order valence-electron chi connectivity index (χ2n) is 6.97. The largest absolute Gasteiger partial charge is 0.481 e. The lowest BCUT2D eigenvalue weighted by molar-refractivity contribution is -0.154. The van der Waals surface area contributed by atoms with E-state index < -0.39 is 17.4 Å². The van der Waals surface area contributed by atoms with Gasteiger partial charge in [-0.1, -0.05) is 69.9 Å². The van der Waals surface area contributed by atoms with Gasteiger partial charge in [0.2, 0.25) is 0 Å². The van der Waals surface area contributed by atoms with Crippen LogP contribution in [-0.4, -0.2) is 22.2 Å². The summed E-state index contributed by atoms with van der Waals surface area (Å²) in [6.45, 7) is 4.19. The molecule has 0 bridgehead atoms. The van der Waals surface area contributed by atoms with Crippen molar-refractivity contribution in [3.63, 3.8) is 0 Å². The fourth-order valence-electron chi connectivity index (χ4n) is 3.82. The molecule has 2 unspecified atom stereocenters. The fourth-order valence-corrected chi connectivity index (χ4v) is 3.82. The van der Waals surface area contributed by atoms with E-state index in [1.165, 1.54) is 0 Å². The van der Waals surface area contributed by atoms with Gasteiger partial charge >= 0.3 is 11.9 Å². The second-order valence-corrected chi connectivity index (χ2v) is 6.97. The number of carbonyl (C=O) groups is 2. The number of hydrogen-bond donors (Lipinski definition) is 2. The van der Waals surface area contributed by atoms with Crippen LogP contribution in [0.1, 0.15) is 70.8 Å². The molecule has 0 aliphatic heterocycles. The van der Waals surface area contributed by atoms with Crippen LogP contribution in [-0.2, 0) is 16.0 Å². The highest BCUT2D eigenvalue weighted by molar-refractivity contribution is 5.76. The summed E-state index contributed by atoms with van der Waals surface area (Å²) in [5.74, 6) is -1.59. The van der Waals surface area contributed by atoms with Crippen LogP contribution < -0.4 is 0 Å². The van der Waals surface area contributed by atoms with Gasteiger partial charge in [-0.2, -0.15) is 0 Å². The van der Waals surface area contributed by atoms with Crippen LogP contribution in [0, 0.1) is 11.3 Å². The number of aliphatic carboxylic acids is 2. The molecular weight excluding hydrogens is 316 g/mol. The number of carboxylic acids is 2. The molecule has 140 valence electrons. The molecule has 0 radical (unpaired) electrons. The van der Waals surface area contributed by atoms with Crippen LogP contribution in [0.5, 0.6) is 0 Å². The Bertz CT molecular complexity index is 526. The van der Waals surface area contributed by atoms with Gasteiger partial charge in [0.25, 0.3) is 0 Å². The number of hydrogen-bond acceptors (Lipinski definition) is 2. The summed E-state index contributed by atoms with van der Waals surface area (Å²) >= 11 is 0. The Hall–Kier alpha value is -1.84. The second kappa shape index (κ2) is 10.9. The lowest BCUT2D eigenvalue weighted by Crippen LogP contribution is -2.41. The van der Waals surface area contributed by atoms with Gasteiger partial charge in [-0.05, 0) is 37.2 Å². The van der Waals surface area contributed by atoms with Crippen molar-refractivity contribution >= 4 is 11.9 Å². The van der Waals surface area contributed by atoms with Gasteiger partial charge < -0.3 is 10.2 Å². The maximum absolute atomic E-state index is 12.4. The number of unbranched alkanes of at least 4 members (excludes halogenated alkanes) is 2. The normalized spacial score (nSPS) is 14.6. The lowest BCUT2D eigenvalue weighted by Gasteiger charge is -2.37. The number of benzene rings is 1. The molecule has 0 saturated carbocycles. The minimum absolute atomic E-state index is 0.0230. The van der Waals surface area contributed by atoms with E-state index in [4.69, 9.17) is 5.11 Å². The highest BCUT2D eigenvalue weighted by Crippen LogP contribution is 2.42. The first-order valence-corrected chi connectivity index (χ1v) is 9.45. The molecule has 0 aliphatic carbocycles. The molecule has 0 saturated heterocycles. The quantitative estimate of drug-likeness (QED) is 0.483. The molecule has 1 rings (SSSR count). The minimum atomic E-state index is -0.890. The molecular formula is C21H32O4. The molecule has 4 nitrogen and oxygen atoms in total. The van der Waals surface area contributed by atoms with Gasteiger partial charge in [0.1, 0.15) is 0 Å². The van der Waals surface area contributed by atoms with Gasteiger partial charge in [0.05, 0.1) is 5.41 Å². The standard InChI is InChI=1S/C21H32O4/c1-3-5-7-13-18(4-2)21(20(24)25,15-10-14-19(22)23)16-17-11-8-6-9-12-17/h6,8-9,11-12,18H,3-5,7,10,13-16H2,1-2H3,(H,22,23)(H,24,25). The lowest BCUT2D eigenvalue weighted by atomic mass is 9.65. The average molecular weight is 348 g/mol. The first-order valence-electron chi connectivity index (χ1n) is 9.45. The molecule has 2 atom stereocenters. The van der Waals surface area contributed by atoms with E-state index >= 15 is 0 Å². The molecule has 1 aromatic rings. The summed E-state index contributed by atoms with van der Waals surface area (Å²) in [6, 6.07) is 9.71. The monoisotopic (exact) mass is 348 g/mol. The van der Waals surface area contributed by atoms with Crippen LogP contribution in [0.2, 0.25) is 0 Å². The van der Waals surface area contributed by atoms with Gasteiger partial charge in [-0.3, -0.25) is 9.59 Å². The van der Waals surface area contributed by atoms with Crippen LogP contribution in [0.15, 0.2) is 30.3 Å². The minimum Gasteiger partial charge on any atom is -0.481 e. The van der Waals surface area contributed by atoms with Crippen LogP contribution in [0.25, 0.3) is 0 Å². The maximum Gasteiger partial charge on any atom is 0.310 e. The van der Waals surface area contributed by atoms with Crippen molar-refractivity contribution < 1.29 is 19.8 Å². The first kappa shape index (κ1) is 21.2. The maximum atomic E-state index is 12.4. The van der Waals surface area contributed by atoms with E-state index in [2.05, 4.69) is 13.8 Å². The number of rotatable bonds is 13. The van der Waals surface area contributed by atoms with Crippen molar-refractivity contribution in [1.82, 2.24) is 0 Å². The van der Waals surface area contributed by atoms with Crippen molar-refractivity contribution in [1.29, 1.82) is 0 Å². The Balaban J connectivity index is 3.08. The van der Waals surface area contributed by atoms with Gasteiger partial charge in [-0.25, -0.2) is 0 Å². The van der Waals surface area contributed by atoms with E-state index in [0.717, 1.165) is 37.7 Å². The third-order valence-corrected chi connectivity index (χ3v) is 5.23. The van der Waals surface area contributed by atoms with Crippen molar-refractivity contribution in [3.05, 3.63) is 35.9 Å². The SMILES string of the molecule is CCCCCC(CC)C(CCCC(=O)O)(Cc1ccccc1)C(=O)O. The molecule has 0 fully saturated rings. The van der Waals surface area contributed by atoms with Crippen molar-refractivity contribution in [2.24, 2.45) is 11.3 Å². The predicted molar refractivity (Wildman–Crippen MR) is 99.6 cm³/mol. The Morgan fingerprint density at radius 3 is 2.24 bits per heavy atom.